The molecule has 0 saturated heterocycles. The largest absolute Gasteiger partial charge is 0.467 e. The van der Waals surface area contributed by atoms with E-state index in [1.165, 1.54) is 19.2 Å². The van der Waals surface area contributed by atoms with E-state index in [1.807, 2.05) is 17.5 Å². The molecule has 0 radical (unpaired) electrons. The molecule has 1 aliphatic rings. The summed E-state index contributed by atoms with van der Waals surface area (Å²) in [5.41, 5.74) is 0.827. The van der Waals surface area contributed by atoms with Crippen LogP contribution in [0.2, 0.25) is 0 Å². The van der Waals surface area contributed by atoms with Gasteiger partial charge in [0.15, 0.2) is 0 Å². The zero-order chi connectivity index (χ0) is 14.9. The fraction of sp³-hybridized carbons (Fsp3) is 0.312. The molecule has 3 nitrogen and oxygen atoms in total. The molecule has 0 saturated carbocycles. The Morgan fingerprint density at radius 3 is 3.05 bits per heavy atom. The molecule has 110 valence electrons. The van der Waals surface area contributed by atoms with E-state index in [2.05, 4.69) is 5.32 Å². The number of benzene rings is 1. The number of carbonyl (C=O) groups is 1. The average Bonchev–Trinajstić information content (AvgIpc) is 3.12. The molecule has 1 unspecified atom stereocenters. The molecule has 0 bridgehead atoms. The number of hydrogen-bond acceptors (Lipinski definition) is 4. The number of ether oxygens (including phenoxy) is 1. The SMILES string of the molecule is COC(=O)C1(NCc2cccs2)CCc2cc(F)ccc21. The van der Waals surface area contributed by atoms with E-state index in [0.717, 1.165) is 16.0 Å². The Morgan fingerprint density at radius 1 is 1.48 bits per heavy atom. The minimum Gasteiger partial charge on any atom is -0.467 e. The van der Waals surface area contributed by atoms with Gasteiger partial charge in [-0.25, -0.2) is 9.18 Å². The maximum Gasteiger partial charge on any atom is 0.330 e. The maximum absolute atomic E-state index is 13.4. The van der Waals surface area contributed by atoms with E-state index in [9.17, 15) is 9.18 Å². The lowest BCUT2D eigenvalue weighted by Gasteiger charge is -2.28. The molecule has 2 aromatic rings. The van der Waals surface area contributed by atoms with Crippen molar-refractivity contribution in [2.45, 2.75) is 24.9 Å². The first-order valence-corrected chi connectivity index (χ1v) is 7.68. The third-order valence-corrected chi connectivity index (χ3v) is 4.85. The molecule has 0 amide bonds. The number of carbonyl (C=O) groups excluding carboxylic acids is 1. The summed E-state index contributed by atoms with van der Waals surface area (Å²) in [5, 5.41) is 5.34. The zero-order valence-electron chi connectivity index (χ0n) is 11.7. The Kier molecular flexibility index (Phi) is 3.78. The molecular formula is C16H16FNO2S. The topological polar surface area (TPSA) is 38.3 Å². The highest BCUT2D eigenvalue weighted by Crippen LogP contribution is 2.38. The molecule has 0 aliphatic heterocycles. The summed E-state index contributed by atoms with van der Waals surface area (Å²) in [7, 11) is 1.39. The van der Waals surface area contributed by atoms with Gasteiger partial charge in [-0.05, 0) is 47.5 Å². The number of esters is 1. The van der Waals surface area contributed by atoms with Gasteiger partial charge < -0.3 is 4.74 Å². The smallest absolute Gasteiger partial charge is 0.330 e. The summed E-state index contributed by atoms with van der Waals surface area (Å²) in [6, 6.07) is 8.59. The number of methoxy groups -OCH3 is 1. The van der Waals surface area contributed by atoms with Gasteiger partial charge in [-0.1, -0.05) is 12.1 Å². The van der Waals surface area contributed by atoms with Crippen LogP contribution in [0.4, 0.5) is 4.39 Å². The summed E-state index contributed by atoms with van der Waals surface area (Å²) in [4.78, 5) is 13.5. The highest BCUT2D eigenvalue weighted by atomic mass is 32.1. The van der Waals surface area contributed by atoms with Crippen LogP contribution in [0.3, 0.4) is 0 Å². The van der Waals surface area contributed by atoms with E-state index in [0.29, 0.717) is 19.4 Å². The van der Waals surface area contributed by atoms with Crippen LogP contribution in [0.5, 0.6) is 0 Å². The molecule has 1 aliphatic carbocycles. The van der Waals surface area contributed by atoms with Crippen molar-refractivity contribution in [3.63, 3.8) is 0 Å². The highest BCUT2D eigenvalue weighted by Gasteiger charge is 2.46. The van der Waals surface area contributed by atoms with Gasteiger partial charge in [0, 0.05) is 11.4 Å². The molecule has 1 aromatic heterocycles. The van der Waals surface area contributed by atoms with Crippen LogP contribution in [0.25, 0.3) is 0 Å². The quantitative estimate of drug-likeness (QED) is 0.883. The summed E-state index contributed by atoms with van der Waals surface area (Å²) >= 11 is 1.63. The number of fused-ring (bicyclic) bond motifs is 1. The Morgan fingerprint density at radius 2 is 2.33 bits per heavy atom. The number of halogens is 1. The van der Waals surface area contributed by atoms with Gasteiger partial charge in [-0.3, -0.25) is 5.32 Å². The molecule has 1 N–H and O–H groups in total. The Hall–Kier alpha value is -1.72. The van der Waals surface area contributed by atoms with Gasteiger partial charge in [0.2, 0.25) is 0 Å². The van der Waals surface area contributed by atoms with E-state index < -0.39 is 5.54 Å². The number of rotatable bonds is 4. The fourth-order valence-electron chi connectivity index (χ4n) is 2.94. The van der Waals surface area contributed by atoms with Crippen LogP contribution < -0.4 is 5.32 Å². The Balaban J connectivity index is 1.94. The zero-order valence-corrected chi connectivity index (χ0v) is 12.5. The lowest BCUT2D eigenvalue weighted by Crippen LogP contribution is -2.47. The lowest BCUT2D eigenvalue weighted by atomic mass is 9.91. The van der Waals surface area contributed by atoms with Crippen LogP contribution in [-0.4, -0.2) is 13.1 Å². The summed E-state index contributed by atoms with van der Waals surface area (Å²) < 4.78 is 18.4. The molecule has 5 heteroatoms. The van der Waals surface area contributed by atoms with Crippen LogP contribution in [0, 0.1) is 5.82 Å². The van der Waals surface area contributed by atoms with Gasteiger partial charge in [0.05, 0.1) is 7.11 Å². The van der Waals surface area contributed by atoms with E-state index in [1.54, 1.807) is 17.4 Å². The van der Waals surface area contributed by atoms with Crippen molar-refractivity contribution in [1.82, 2.24) is 5.32 Å². The Labute approximate surface area is 126 Å². The minimum absolute atomic E-state index is 0.271. The summed E-state index contributed by atoms with van der Waals surface area (Å²) in [6.45, 7) is 0.587. The fourth-order valence-corrected chi connectivity index (χ4v) is 3.58. The van der Waals surface area contributed by atoms with Crippen molar-refractivity contribution < 1.29 is 13.9 Å². The number of hydrogen-bond donors (Lipinski definition) is 1. The van der Waals surface area contributed by atoms with E-state index in [-0.39, 0.29) is 11.8 Å². The van der Waals surface area contributed by atoms with Gasteiger partial charge in [-0.2, -0.15) is 0 Å². The normalized spacial score (nSPS) is 20.3. The molecule has 3 rings (SSSR count). The predicted molar refractivity (Wildman–Crippen MR) is 79.6 cm³/mol. The van der Waals surface area contributed by atoms with Crippen LogP contribution >= 0.6 is 11.3 Å². The third-order valence-electron chi connectivity index (χ3n) is 3.97. The standard InChI is InChI=1S/C16H16FNO2S/c1-20-15(19)16(18-10-13-3-2-8-21-13)7-6-11-9-12(17)4-5-14(11)16/h2-5,8-9,18H,6-7,10H2,1H3. The van der Waals surface area contributed by atoms with Gasteiger partial charge >= 0.3 is 5.97 Å². The predicted octanol–water partition coefficient (Wildman–Crippen LogP) is 2.99. The monoisotopic (exact) mass is 305 g/mol. The van der Waals surface area contributed by atoms with Crippen molar-refractivity contribution in [2.75, 3.05) is 7.11 Å². The second kappa shape index (κ2) is 5.58. The second-order valence-corrected chi connectivity index (χ2v) is 6.16. The molecule has 1 heterocycles. The molecule has 21 heavy (non-hydrogen) atoms. The van der Waals surface area contributed by atoms with E-state index >= 15 is 0 Å². The lowest BCUT2D eigenvalue weighted by molar-refractivity contribution is -0.149. The summed E-state index contributed by atoms with van der Waals surface area (Å²) in [6.07, 6.45) is 1.25. The average molecular weight is 305 g/mol. The maximum atomic E-state index is 13.4. The number of nitrogens with one attached hydrogen (secondary N) is 1. The van der Waals surface area contributed by atoms with E-state index in [4.69, 9.17) is 4.74 Å². The van der Waals surface area contributed by atoms with Crippen LogP contribution in [0.1, 0.15) is 22.4 Å². The van der Waals surface area contributed by atoms with Crippen molar-refractivity contribution in [3.8, 4) is 0 Å². The molecular weight excluding hydrogens is 289 g/mol. The van der Waals surface area contributed by atoms with Crippen molar-refractivity contribution >= 4 is 17.3 Å². The highest BCUT2D eigenvalue weighted by molar-refractivity contribution is 7.09. The first kappa shape index (κ1) is 14.2. The Bertz CT molecular complexity index is 656. The van der Waals surface area contributed by atoms with Crippen molar-refractivity contribution in [1.29, 1.82) is 0 Å². The third kappa shape index (κ3) is 2.47. The minimum atomic E-state index is -0.873. The summed E-state index contributed by atoms with van der Waals surface area (Å²) in [5.74, 6) is -0.586. The van der Waals surface area contributed by atoms with Crippen LogP contribution in [-0.2, 0) is 28.0 Å². The van der Waals surface area contributed by atoms with Crippen LogP contribution in [0.15, 0.2) is 35.7 Å². The van der Waals surface area contributed by atoms with Crippen molar-refractivity contribution in [2.24, 2.45) is 0 Å². The van der Waals surface area contributed by atoms with Gasteiger partial charge in [-0.15, -0.1) is 11.3 Å². The first-order chi connectivity index (χ1) is 10.2. The van der Waals surface area contributed by atoms with Gasteiger partial charge in [0.1, 0.15) is 11.4 Å². The molecule has 1 aromatic carbocycles. The molecule has 0 fully saturated rings. The molecule has 1 atom stereocenters. The first-order valence-electron chi connectivity index (χ1n) is 6.80. The number of aryl methyl sites for hydroxylation is 1. The van der Waals surface area contributed by atoms with Gasteiger partial charge in [0.25, 0.3) is 0 Å². The van der Waals surface area contributed by atoms with Crippen molar-refractivity contribution in [3.05, 3.63) is 57.5 Å². The number of thiophene rings is 1. The second-order valence-electron chi connectivity index (χ2n) is 5.13. The molecule has 0 spiro atoms.